The number of hydrogen-bond acceptors (Lipinski definition) is 5. The van der Waals surface area contributed by atoms with Crippen LogP contribution in [0.2, 0.25) is 0 Å². The fraction of sp³-hybridized carbons (Fsp3) is 0.435. The van der Waals surface area contributed by atoms with E-state index in [4.69, 9.17) is 4.42 Å². The number of amides is 1. The van der Waals surface area contributed by atoms with Gasteiger partial charge in [0.2, 0.25) is 5.89 Å². The van der Waals surface area contributed by atoms with Crippen LogP contribution in [0, 0.1) is 0 Å². The van der Waals surface area contributed by atoms with Gasteiger partial charge in [0.25, 0.3) is 5.91 Å². The molecule has 6 nitrogen and oxygen atoms in total. The van der Waals surface area contributed by atoms with E-state index in [1.807, 2.05) is 12.1 Å². The first-order valence-corrected chi connectivity index (χ1v) is 10.6. The Kier molecular flexibility index (Phi) is 4.79. The zero-order valence-electron chi connectivity index (χ0n) is 16.5. The summed E-state index contributed by atoms with van der Waals surface area (Å²) >= 11 is 0. The van der Waals surface area contributed by atoms with E-state index in [-0.39, 0.29) is 11.7 Å². The van der Waals surface area contributed by atoms with Gasteiger partial charge in [-0.05, 0) is 63.4 Å². The van der Waals surface area contributed by atoms with Gasteiger partial charge in [0.1, 0.15) is 5.76 Å². The molecule has 1 aromatic heterocycles. The lowest BCUT2D eigenvalue weighted by Crippen LogP contribution is -2.34. The first kappa shape index (κ1) is 18.3. The zero-order valence-corrected chi connectivity index (χ0v) is 16.5. The summed E-state index contributed by atoms with van der Waals surface area (Å²) in [4.78, 5) is 32.1. The molecule has 2 aromatic rings. The van der Waals surface area contributed by atoms with Gasteiger partial charge < -0.3 is 9.73 Å². The molecule has 0 unspecified atom stereocenters. The molecule has 1 saturated heterocycles. The third-order valence-corrected chi connectivity index (χ3v) is 6.07. The van der Waals surface area contributed by atoms with Gasteiger partial charge in [-0.25, -0.2) is 4.98 Å². The first-order chi connectivity index (χ1) is 14.2. The summed E-state index contributed by atoms with van der Waals surface area (Å²) < 4.78 is 5.87. The quantitative estimate of drug-likeness (QED) is 0.635. The zero-order chi connectivity index (χ0) is 19.8. The number of Topliss-reactive ketones (excluding diaryl/α,β-unsaturated/α-hetero) is 1. The fourth-order valence-electron chi connectivity index (χ4n) is 4.47. The maximum atomic E-state index is 12.8. The van der Waals surface area contributed by atoms with Crippen molar-refractivity contribution >= 4 is 29.0 Å². The molecule has 29 heavy (non-hydrogen) atoms. The smallest absolute Gasteiger partial charge is 0.256 e. The standard InChI is InChI=1S/C23H25N3O3/c27-20(14-26-10-4-1-5-11-26)15-8-9-18-16(12-15)17(23(28)25-18)13-22-24-19-6-2-3-7-21(19)29-22/h8-9,12-13H,1-7,10-11,14H2,(H,25,28). The number of oxazole rings is 1. The van der Waals surface area contributed by atoms with Gasteiger partial charge in [0.05, 0.1) is 17.8 Å². The fourth-order valence-corrected chi connectivity index (χ4v) is 4.47. The molecule has 2 aliphatic heterocycles. The van der Waals surface area contributed by atoms with Gasteiger partial charge >= 0.3 is 0 Å². The van der Waals surface area contributed by atoms with Crippen LogP contribution in [0.15, 0.2) is 22.6 Å². The summed E-state index contributed by atoms with van der Waals surface area (Å²) in [6.07, 6.45) is 9.34. The minimum absolute atomic E-state index is 0.0972. The van der Waals surface area contributed by atoms with E-state index >= 15 is 0 Å². The monoisotopic (exact) mass is 391 g/mol. The van der Waals surface area contributed by atoms with Gasteiger partial charge in [-0.3, -0.25) is 14.5 Å². The topological polar surface area (TPSA) is 75.4 Å². The third kappa shape index (κ3) is 3.65. The Morgan fingerprint density at radius 1 is 1.14 bits per heavy atom. The Hall–Kier alpha value is -2.73. The maximum Gasteiger partial charge on any atom is 0.256 e. The Labute approximate surface area is 170 Å². The average Bonchev–Trinajstić information content (AvgIpc) is 3.29. The van der Waals surface area contributed by atoms with Crippen molar-refractivity contribution in [3.05, 3.63) is 46.7 Å². The van der Waals surface area contributed by atoms with Gasteiger partial charge in [-0.15, -0.1) is 0 Å². The molecule has 3 aliphatic rings. The number of carbonyl (C=O) groups is 2. The van der Waals surface area contributed by atoms with Crippen molar-refractivity contribution < 1.29 is 14.0 Å². The second-order valence-electron chi connectivity index (χ2n) is 8.16. The van der Waals surface area contributed by atoms with E-state index in [0.717, 1.165) is 74.3 Å². The number of carbonyl (C=O) groups excluding carboxylic acids is 2. The van der Waals surface area contributed by atoms with Crippen LogP contribution in [0.3, 0.4) is 0 Å². The van der Waals surface area contributed by atoms with Crippen LogP contribution in [0.25, 0.3) is 11.6 Å². The minimum atomic E-state index is -0.184. The van der Waals surface area contributed by atoms with Crippen molar-refractivity contribution in [3.8, 4) is 0 Å². The lowest BCUT2D eigenvalue weighted by atomic mass is 10.0. The molecule has 1 N–H and O–H groups in total. The number of hydrogen-bond donors (Lipinski definition) is 1. The first-order valence-electron chi connectivity index (χ1n) is 10.6. The Morgan fingerprint density at radius 2 is 1.97 bits per heavy atom. The molecule has 5 rings (SSSR count). The number of benzene rings is 1. The highest BCUT2D eigenvalue weighted by molar-refractivity contribution is 6.35. The van der Waals surface area contributed by atoms with Crippen LogP contribution in [0.1, 0.15) is 65.4 Å². The molecule has 6 heteroatoms. The lowest BCUT2D eigenvalue weighted by molar-refractivity contribution is -0.110. The van der Waals surface area contributed by atoms with Crippen LogP contribution in [0.5, 0.6) is 0 Å². The van der Waals surface area contributed by atoms with Gasteiger partial charge in [0, 0.05) is 29.3 Å². The molecule has 0 radical (unpaired) electrons. The van der Waals surface area contributed by atoms with Crippen molar-refractivity contribution in [1.29, 1.82) is 0 Å². The van der Waals surface area contributed by atoms with Gasteiger partial charge in [-0.1, -0.05) is 6.42 Å². The molecule has 1 fully saturated rings. The van der Waals surface area contributed by atoms with Crippen LogP contribution in [-0.2, 0) is 17.6 Å². The van der Waals surface area contributed by atoms with Crippen molar-refractivity contribution in [1.82, 2.24) is 9.88 Å². The van der Waals surface area contributed by atoms with Gasteiger partial charge in [0.15, 0.2) is 5.78 Å². The Morgan fingerprint density at radius 3 is 2.79 bits per heavy atom. The maximum absolute atomic E-state index is 12.8. The van der Waals surface area contributed by atoms with Gasteiger partial charge in [-0.2, -0.15) is 0 Å². The number of aromatic nitrogens is 1. The SMILES string of the molecule is O=C1Nc2ccc(C(=O)CN3CCCCC3)cc2C1=Cc1nc2c(o1)CCCC2. The highest BCUT2D eigenvalue weighted by Crippen LogP contribution is 2.34. The Bertz CT molecular complexity index is 975. The van der Waals surface area contributed by atoms with Crippen molar-refractivity contribution in [3.63, 3.8) is 0 Å². The third-order valence-electron chi connectivity index (χ3n) is 6.07. The van der Waals surface area contributed by atoms with Crippen LogP contribution < -0.4 is 5.32 Å². The molecule has 0 saturated carbocycles. The Balaban J connectivity index is 1.42. The molecule has 0 bridgehead atoms. The summed E-state index contributed by atoms with van der Waals surface area (Å²) in [5.41, 5.74) is 3.63. The lowest BCUT2D eigenvalue weighted by Gasteiger charge is -2.25. The number of ketones is 1. The van der Waals surface area contributed by atoms with Crippen molar-refractivity contribution in [2.75, 3.05) is 25.0 Å². The predicted molar refractivity (Wildman–Crippen MR) is 111 cm³/mol. The predicted octanol–water partition coefficient (Wildman–Crippen LogP) is 3.71. The van der Waals surface area contributed by atoms with Crippen molar-refractivity contribution in [2.24, 2.45) is 0 Å². The summed E-state index contributed by atoms with van der Waals surface area (Å²) in [5.74, 6) is 1.32. The number of rotatable bonds is 4. The van der Waals surface area contributed by atoms with E-state index in [9.17, 15) is 9.59 Å². The second kappa shape index (κ2) is 7.59. The van der Waals surface area contributed by atoms with E-state index in [1.54, 1.807) is 12.1 Å². The summed E-state index contributed by atoms with van der Waals surface area (Å²) in [7, 11) is 0. The highest BCUT2D eigenvalue weighted by Gasteiger charge is 2.27. The second-order valence-corrected chi connectivity index (χ2v) is 8.16. The van der Waals surface area contributed by atoms with E-state index < -0.39 is 0 Å². The highest BCUT2D eigenvalue weighted by atomic mass is 16.4. The number of anilines is 1. The molecule has 3 heterocycles. The molecule has 150 valence electrons. The molecule has 0 spiro atoms. The number of likely N-dealkylation sites (tertiary alicyclic amines) is 1. The molecular weight excluding hydrogens is 366 g/mol. The number of nitrogens with one attached hydrogen (secondary N) is 1. The average molecular weight is 391 g/mol. The largest absolute Gasteiger partial charge is 0.441 e. The molecular formula is C23H25N3O3. The van der Waals surface area contributed by atoms with E-state index in [2.05, 4.69) is 15.2 Å². The summed E-state index contributed by atoms with van der Waals surface area (Å²) in [6.45, 7) is 2.40. The number of piperidine rings is 1. The van der Waals surface area contributed by atoms with Crippen LogP contribution >= 0.6 is 0 Å². The van der Waals surface area contributed by atoms with E-state index in [1.165, 1.54) is 6.42 Å². The summed E-state index contributed by atoms with van der Waals surface area (Å²) in [5, 5.41) is 2.88. The van der Waals surface area contributed by atoms with Crippen LogP contribution in [0.4, 0.5) is 5.69 Å². The molecule has 1 aliphatic carbocycles. The molecule has 1 aromatic carbocycles. The number of fused-ring (bicyclic) bond motifs is 2. The minimum Gasteiger partial charge on any atom is -0.441 e. The number of nitrogens with zero attached hydrogens (tertiary/aromatic N) is 2. The van der Waals surface area contributed by atoms with E-state index in [0.29, 0.717) is 23.6 Å². The van der Waals surface area contributed by atoms with Crippen LogP contribution in [-0.4, -0.2) is 41.2 Å². The normalized spacial score (nSPS) is 20.4. The molecule has 0 atom stereocenters. The summed E-state index contributed by atoms with van der Waals surface area (Å²) in [6, 6.07) is 5.45. The number of aryl methyl sites for hydroxylation is 2. The molecule has 1 amide bonds. The van der Waals surface area contributed by atoms with Crippen molar-refractivity contribution in [2.45, 2.75) is 44.9 Å².